The average Bonchev–Trinajstić information content (AvgIpc) is 2.62. The Balaban J connectivity index is 1.99. The minimum Gasteiger partial charge on any atom is -0.398 e. The van der Waals surface area contributed by atoms with Crippen LogP contribution in [0.2, 0.25) is 0 Å². The maximum Gasteiger partial charge on any atom is 0.227 e. The van der Waals surface area contributed by atoms with E-state index in [1.54, 1.807) is 6.07 Å². The second kappa shape index (κ2) is 6.23. The fourth-order valence-electron chi connectivity index (χ4n) is 2.41. The zero-order chi connectivity index (χ0) is 13.0. The smallest absolute Gasteiger partial charge is 0.227 e. The lowest BCUT2D eigenvalue weighted by molar-refractivity contribution is -0.120. The molecule has 0 heterocycles. The molecule has 1 aliphatic carbocycles. The summed E-state index contributed by atoms with van der Waals surface area (Å²) in [5.74, 6) is 0.302. The van der Waals surface area contributed by atoms with Gasteiger partial charge in [0, 0.05) is 21.8 Å². The average molecular weight is 311 g/mol. The number of rotatable bonds is 2. The number of carbonyl (C=O) groups is 1. The van der Waals surface area contributed by atoms with Crippen molar-refractivity contribution in [1.82, 2.24) is 0 Å². The van der Waals surface area contributed by atoms with Gasteiger partial charge in [0.05, 0.1) is 0 Å². The first kappa shape index (κ1) is 13.4. The van der Waals surface area contributed by atoms with E-state index in [0.29, 0.717) is 5.69 Å². The van der Waals surface area contributed by atoms with Crippen LogP contribution in [-0.2, 0) is 4.79 Å². The molecule has 0 saturated heterocycles. The Morgan fingerprint density at radius 3 is 2.50 bits per heavy atom. The van der Waals surface area contributed by atoms with E-state index < -0.39 is 0 Å². The Morgan fingerprint density at radius 2 is 1.89 bits per heavy atom. The number of amides is 1. The summed E-state index contributed by atoms with van der Waals surface area (Å²) in [5.41, 5.74) is 7.23. The number of hydrogen-bond acceptors (Lipinski definition) is 2. The number of carbonyl (C=O) groups excluding carboxylic acids is 1. The molecular formula is C14H19BrN2O. The predicted molar refractivity (Wildman–Crippen MR) is 78.4 cm³/mol. The molecule has 1 saturated carbocycles. The van der Waals surface area contributed by atoms with Crippen molar-refractivity contribution in [2.45, 2.75) is 38.5 Å². The number of halogens is 1. The summed E-state index contributed by atoms with van der Waals surface area (Å²) >= 11 is 3.34. The van der Waals surface area contributed by atoms with E-state index in [1.165, 1.54) is 25.7 Å². The van der Waals surface area contributed by atoms with E-state index in [0.717, 1.165) is 23.0 Å². The predicted octanol–water partition coefficient (Wildman–Crippen LogP) is 3.94. The lowest BCUT2D eigenvalue weighted by Crippen LogP contribution is -2.22. The number of nitrogen functional groups attached to an aromatic ring is 1. The number of nitrogens with two attached hydrogens (primary N) is 1. The molecule has 0 atom stereocenters. The molecule has 0 unspecified atom stereocenters. The fraction of sp³-hybridized carbons (Fsp3) is 0.500. The summed E-state index contributed by atoms with van der Waals surface area (Å²) in [6.07, 6.45) is 6.88. The highest BCUT2D eigenvalue weighted by atomic mass is 79.9. The van der Waals surface area contributed by atoms with Crippen molar-refractivity contribution in [2.24, 2.45) is 5.92 Å². The molecule has 1 amide bonds. The summed E-state index contributed by atoms with van der Waals surface area (Å²) in [7, 11) is 0. The van der Waals surface area contributed by atoms with Gasteiger partial charge in [-0.3, -0.25) is 4.79 Å². The molecule has 3 N–H and O–H groups in total. The largest absolute Gasteiger partial charge is 0.398 e. The Morgan fingerprint density at radius 1 is 1.22 bits per heavy atom. The Hall–Kier alpha value is -1.03. The molecule has 0 spiro atoms. The number of nitrogens with one attached hydrogen (secondary N) is 1. The Kier molecular flexibility index (Phi) is 4.64. The molecule has 1 aromatic carbocycles. The van der Waals surface area contributed by atoms with Gasteiger partial charge in [0.25, 0.3) is 0 Å². The highest BCUT2D eigenvalue weighted by Crippen LogP contribution is 2.26. The van der Waals surface area contributed by atoms with Crippen LogP contribution in [0.15, 0.2) is 22.7 Å². The lowest BCUT2D eigenvalue weighted by atomic mass is 9.99. The van der Waals surface area contributed by atoms with E-state index in [1.807, 2.05) is 12.1 Å². The van der Waals surface area contributed by atoms with Crippen molar-refractivity contribution in [3.05, 3.63) is 22.7 Å². The van der Waals surface area contributed by atoms with Gasteiger partial charge in [0.15, 0.2) is 0 Å². The molecule has 0 radical (unpaired) electrons. The van der Waals surface area contributed by atoms with Gasteiger partial charge in [-0.25, -0.2) is 0 Å². The molecule has 0 aromatic heterocycles. The van der Waals surface area contributed by atoms with Crippen LogP contribution in [0, 0.1) is 5.92 Å². The molecule has 1 aromatic rings. The van der Waals surface area contributed by atoms with Crippen LogP contribution in [0.3, 0.4) is 0 Å². The third-order valence-electron chi connectivity index (χ3n) is 3.49. The quantitative estimate of drug-likeness (QED) is 0.642. The van der Waals surface area contributed by atoms with Crippen LogP contribution in [0.25, 0.3) is 0 Å². The monoisotopic (exact) mass is 310 g/mol. The summed E-state index contributed by atoms with van der Waals surface area (Å²) < 4.78 is 0.856. The highest BCUT2D eigenvalue weighted by molar-refractivity contribution is 9.10. The van der Waals surface area contributed by atoms with E-state index in [2.05, 4.69) is 21.2 Å². The Bertz CT molecular complexity index is 426. The zero-order valence-corrected chi connectivity index (χ0v) is 12.0. The van der Waals surface area contributed by atoms with Crippen molar-refractivity contribution >= 4 is 33.2 Å². The first-order valence-corrected chi connectivity index (χ1v) is 7.32. The van der Waals surface area contributed by atoms with Gasteiger partial charge >= 0.3 is 0 Å². The van der Waals surface area contributed by atoms with Gasteiger partial charge < -0.3 is 11.1 Å². The molecule has 3 nitrogen and oxygen atoms in total. The summed E-state index contributed by atoms with van der Waals surface area (Å²) in [4.78, 5) is 12.2. The van der Waals surface area contributed by atoms with Crippen LogP contribution in [0.5, 0.6) is 0 Å². The second-order valence-electron chi connectivity index (χ2n) is 4.91. The Labute approximate surface area is 116 Å². The van der Waals surface area contributed by atoms with Gasteiger partial charge in [0.2, 0.25) is 5.91 Å². The molecular weight excluding hydrogens is 292 g/mol. The molecule has 18 heavy (non-hydrogen) atoms. The number of benzene rings is 1. The van der Waals surface area contributed by atoms with Crippen LogP contribution < -0.4 is 11.1 Å². The molecule has 0 aliphatic heterocycles. The van der Waals surface area contributed by atoms with E-state index in [9.17, 15) is 4.79 Å². The lowest BCUT2D eigenvalue weighted by Gasteiger charge is -2.14. The normalized spacial score (nSPS) is 17.2. The highest BCUT2D eigenvalue weighted by Gasteiger charge is 2.20. The molecule has 1 fully saturated rings. The molecule has 4 heteroatoms. The zero-order valence-electron chi connectivity index (χ0n) is 10.4. The van der Waals surface area contributed by atoms with Crippen LogP contribution in [-0.4, -0.2) is 5.91 Å². The first-order valence-electron chi connectivity index (χ1n) is 6.52. The van der Waals surface area contributed by atoms with Crippen molar-refractivity contribution in [3.8, 4) is 0 Å². The van der Waals surface area contributed by atoms with Gasteiger partial charge in [-0.15, -0.1) is 0 Å². The van der Waals surface area contributed by atoms with Crippen molar-refractivity contribution in [2.75, 3.05) is 11.1 Å². The van der Waals surface area contributed by atoms with Gasteiger partial charge in [-0.05, 0) is 47.0 Å². The molecule has 0 bridgehead atoms. The minimum atomic E-state index is 0.138. The fourth-order valence-corrected chi connectivity index (χ4v) is 2.65. The minimum absolute atomic E-state index is 0.138. The first-order chi connectivity index (χ1) is 8.66. The summed E-state index contributed by atoms with van der Waals surface area (Å²) in [5, 5.41) is 2.97. The van der Waals surface area contributed by atoms with Crippen LogP contribution >= 0.6 is 15.9 Å². The van der Waals surface area contributed by atoms with Crippen LogP contribution in [0.4, 0.5) is 11.4 Å². The molecule has 1 aliphatic rings. The third-order valence-corrected chi connectivity index (χ3v) is 4.21. The molecule has 2 rings (SSSR count). The van der Waals surface area contributed by atoms with Crippen molar-refractivity contribution < 1.29 is 4.79 Å². The van der Waals surface area contributed by atoms with E-state index >= 15 is 0 Å². The number of anilines is 2. The van der Waals surface area contributed by atoms with Gasteiger partial charge in [0.1, 0.15) is 0 Å². The topological polar surface area (TPSA) is 55.1 Å². The third kappa shape index (κ3) is 3.48. The summed E-state index contributed by atoms with van der Waals surface area (Å²) in [6.45, 7) is 0. The molecule has 98 valence electrons. The number of hydrogen-bond donors (Lipinski definition) is 2. The second-order valence-corrected chi connectivity index (χ2v) is 5.77. The van der Waals surface area contributed by atoms with Gasteiger partial charge in [-0.2, -0.15) is 0 Å². The van der Waals surface area contributed by atoms with Gasteiger partial charge in [-0.1, -0.05) is 25.7 Å². The summed E-state index contributed by atoms with van der Waals surface area (Å²) in [6, 6.07) is 5.52. The van der Waals surface area contributed by atoms with Crippen molar-refractivity contribution in [1.29, 1.82) is 0 Å². The van der Waals surface area contributed by atoms with Crippen molar-refractivity contribution in [3.63, 3.8) is 0 Å². The standard InChI is InChI=1S/C14H19BrN2O/c15-12-8-7-11(9-13(12)16)17-14(18)10-5-3-1-2-4-6-10/h7-10H,1-6,16H2,(H,17,18). The van der Waals surface area contributed by atoms with Crippen LogP contribution in [0.1, 0.15) is 38.5 Å². The van der Waals surface area contributed by atoms with E-state index in [4.69, 9.17) is 5.73 Å². The van der Waals surface area contributed by atoms with E-state index in [-0.39, 0.29) is 11.8 Å². The maximum absolute atomic E-state index is 12.2. The SMILES string of the molecule is Nc1cc(NC(=O)C2CCCCCC2)ccc1Br. The maximum atomic E-state index is 12.2.